The Bertz CT molecular complexity index is 932. The number of hydrogen-bond acceptors (Lipinski definition) is 4. The molecule has 5 nitrogen and oxygen atoms in total. The molecule has 0 saturated heterocycles. The smallest absolute Gasteiger partial charge is 0.259 e. The maximum Gasteiger partial charge on any atom is 0.259 e. The van der Waals surface area contributed by atoms with Gasteiger partial charge in [0.1, 0.15) is 5.03 Å². The first-order valence-electron chi connectivity index (χ1n) is 10.9. The molecule has 4 rings (SSSR count). The summed E-state index contributed by atoms with van der Waals surface area (Å²) in [6.45, 7) is 5.01. The molecule has 30 heavy (non-hydrogen) atoms. The van der Waals surface area contributed by atoms with Crippen LogP contribution in [-0.4, -0.2) is 29.4 Å². The summed E-state index contributed by atoms with van der Waals surface area (Å²) >= 11 is 1.52. The van der Waals surface area contributed by atoms with Gasteiger partial charge in [-0.15, -0.1) is 0 Å². The predicted molar refractivity (Wildman–Crippen MR) is 120 cm³/mol. The average molecular weight is 424 g/mol. The van der Waals surface area contributed by atoms with Crippen LogP contribution in [-0.2, 0) is 4.79 Å². The Kier molecular flexibility index (Phi) is 6.42. The fourth-order valence-electron chi connectivity index (χ4n) is 4.44. The predicted octanol–water partition coefficient (Wildman–Crippen LogP) is 4.91. The van der Waals surface area contributed by atoms with Crippen LogP contribution in [0.15, 0.2) is 52.5 Å². The van der Waals surface area contributed by atoms with Crippen molar-refractivity contribution >= 4 is 29.3 Å². The summed E-state index contributed by atoms with van der Waals surface area (Å²) in [5.74, 6) is 1.23. The first kappa shape index (κ1) is 20.9. The van der Waals surface area contributed by atoms with Crippen molar-refractivity contribution in [2.24, 2.45) is 11.8 Å². The number of carbonyl (C=O) groups is 2. The zero-order valence-electron chi connectivity index (χ0n) is 17.6. The van der Waals surface area contributed by atoms with E-state index in [1.807, 2.05) is 36.4 Å². The second-order valence-corrected chi connectivity index (χ2v) is 9.46. The maximum atomic E-state index is 13.3. The summed E-state index contributed by atoms with van der Waals surface area (Å²) in [6.07, 6.45) is 6.29. The fraction of sp³-hybridized carbons (Fsp3) is 0.458. The van der Waals surface area contributed by atoms with E-state index in [2.05, 4.69) is 24.1 Å². The van der Waals surface area contributed by atoms with Crippen LogP contribution in [0.25, 0.3) is 0 Å². The third-order valence-electron chi connectivity index (χ3n) is 6.45. The van der Waals surface area contributed by atoms with E-state index in [1.165, 1.54) is 24.6 Å². The number of nitrogens with zero attached hydrogens (tertiary/aromatic N) is 2. The maximum absolute atomic E-state index is 13.3. The number of fused-ring (bicyclic) bond motifs is 2. The molecule has 2 amide bonds. The van der Waals surface area contributed by atoms with Crippen LogP contribution >= 0.6 is 11.8 Å². The molecule has 1 aromatic carbocycles. The van der Waals surface area contributed by atoms with E-state index in [1.54, 1.807) is 11.1 Å². The Morgan fingerprint density at radius 3 is 2.90 bits per heavy atom. The molecule has 158 valence electrons. The first-order valence-corrected chi connectivity index (χ1v) is 11.7. The van der Waals surface area contributed by atoms with E-state index in [-0.39, 0.29) is 17.9 Å². The van der Waals surface area contributed by atoms with Crippen LogP contribution in [0.4, 0.5) is 5.69 Å². The molecule has 1 N–H and O–H groups in total. The summed E-state index contributed by atoms with van der Waals surface area (Å²) in [6, 6.07) is 11.7. The molecule has 2 aromatic rings. The molecule has 6 heteroatoms. The van der Waals surface area contributed by atoms with E-state index in [0.717, 1.165) is 22.0 Å². The first-order chi connectivity index (χ1) is 14.5. The number of rotatable bonds is 5. The molecule has 0 radical (unpaired) electrons. The lowest BCUT2D eigenvalue weighted by Gasteiger charge is -2.34. The minimum Gasteiger partial charge on any atom is -0.353 e. The van der Waals surface area contributed by atoms with Gasteiger partial charge in [0.25, 0.3) is 5.91 Å². The lowest BCUT2D eigenvalue weighted by atomic mass is 9.78. The largest absolute Gasteiger partial charge is 0.353 e. The molecule has 3 atom stereocenters. The Balaban J connectivity index is 1.42. The van der Waals surface area contributed by atoms with Crippen molar-refractivity contribution in [2.75, 3.05) is 11.4 Å². The number of aromatic nitrogens is 1. The minimum absolute atomic E-state index is 0.0278. The van der Waals surface area contributed by atoms with Crippen molar-refractivity contribution in [3.63, 3.8) is 0 Å². The Labute approximate surface area is 182 Å². The number of carbonyl (C=O) groups excluding carboxylic acids is 2. The highest BCUT2D eigenvalue weighted by molar-refractivity contribution is 7.99. The Morgan fingerprint density at radius 1 is 1.20 bits per heavy atom. The molecular weight excluding hydrogens is 394 g/mol. The number of hydrogen-bond donors (Lipinski definition) is 1. The summed E-state index contributed by atoms with van der Waals surface area (Å²) < 4.78 is 0. The van der Waals surface area contributed by atoms with Crippen molar-refractivity contribution in [2.45, 2.75) is 61.9 Å². The molecule has 1 aromatic heterocycles. The number of pyridine rings is 1. The van der Waals surface area contributed by atoms with Crippen LogP contribution in [0.5, 0.6) is 0 Å². The highest BCUT2D eigenvalue weighted by atomic mass is 32.2. The number of anilines is 1. The zero-order valence-corrected chi connectivity index (χ0v) is 18.5. The highest BCUT2D eigenvalue weighted by Gasteiger charge is 2.29. The van der Waals surface area contributed by atoms with Gasteiger partial charge < -0.3 is 10.2 Å². The fourth-order valence-corrected chi connectivity index (χ4v) is 5.46. The van der Waals surface area contributed by atoms with Crippen molar-refractivity contribution in [3.8, 4) is 0 Å². The molecule has 2 aliphatic rings. The van der Waals surface area contributed by atoms with Gasteiger partial charge in [0, 0.05) is 30.1 Å². The van der Waals surface area contributed by atoms with Crippen LogP contribution in [0.2, 0.25) is 0 Å². The van der Waals surface area contributed by atoms with Crippen molar-refractivity contribution < 1.29 is 9.59 Å². The summed E-state index contributed by atoms with van der Waals surface area (Å²) in [5, 5.41) is 4.06. The quantitative estimate of drug-likeness (QED) is 0.742. The van der Waals surface area contributed by atoms with Gasteiger partial charge in [0.2, 0.25) is 5.91 Å². The SMILES string of the molecule is CC1CCCC(NC(=O)CCCN2C(=O)c3ccccc3Sc3ncccc32)C1C. The van der Waals surface area contributed by atoms with Gasteiger partial charge >= 0.3 is 0 Å². The van der Waals surface area contributed by atoms with Gasteiger partial charge in [-0.2, -0.15) is 0 Å². The van der Waals surface area contributed by atoms with Crippen molar-refractivity contribution in [1.82, 2.24) is 10.3 Å². The van der Waals surface area contributed by atoms with Crippen LogP contribution in [0.1, 0.15) is 56.3 Å². The van der Waals surface area contributed by atoms with E-state index in [4.69, 9.17) is 0 Å². The summed E-state index contributed by atoms with van der Waals surface area (Å²) in [4.78, 5) is 33.0. The van der Waals surface area contributed by atoms with Crippen molar-refractivity contribution in [3.05, 3.63) is 48.2 Å². The minimum atomic E-state index is -0.0278. The number of nitrogens with one attached hydrogen (secondary N) is 1. The lowest BCUT2D eigenvalue weighted by Crippen LogP contribution is -2.43. The average Bonchev–Trinajstić information content (AvgIpc) is 2.86. The molecule has 0 spiro atoms. The molecule has 1 fully saturated rings. The van der Waals surface area contributed by atoms with Gasteiger partial charge in [-0.1, -0.05) is 50.6 Å². The second-order valence-electron chi connectivity index (χ2n) is 8.43. The molecule has 1 saturated carbocycles. The van der Waals surface area contributed by atoms with E-state index in [9.17, 15) is 9.59 Å². The third kappa shape index (κ3) is 4.38. The number of benzene rings is 1. The topological polar surface area (TPSA) is 62.3 Å². The lowest BCUT2D eigenvalue weighted by molar-refractivity contribution is -0.122. The molecule has 2 heterocycles. The third-order valence-corrected chi connectivity index (χ3v) is 7.53. The van der Waals surface area contributed by atoms with E-state index < -0.39 is 0 Å². The molecule has 3 unspecified atom stereocenters. The van der Waals surface area contributed by atoms with E-state index >= 15 is 0 Å². The Hall–Kier alpha value is -2.34. The van der Waals surface area contributed by atoms with Crippen molar-refractivity contribution in [1.29, 1.82) is 0 Å². The zero-order chi connectivity index (χ0) is 21.1. The molecule has 1 aliphatic heterocycles. The van der Waals surface area contributed by atoms with Crippen LogP contribution < -0.4 is 10.2 Å². The van der Waals surface area contributed by atoms with Crippen LogP contribution in [0, 0.1) is 11.8 Å². The molecule has 0 bridgehead atoms. The second kappa shape index (κ2) is 9.21. The van der Waals surface area contributed by atoms with Gasteiger partial charge in [-0.25, -0.2) is 4.98 Å². The van der Waals surface area contributed by atoms with E-state index in [0.29, 0.717) is 36.8 Å². The summed E-state index contributed by atoms with van der Waals surface area (Å²) in [7, 11) is 0. The van der Waals surface area contributed by atoms with Gasteiger partial charge in [0.15, 0.2) is 0 Å². The highest BCUT2D eigenvalue weighted by Crippen LogP contribution is 2.39. The van der Waals surface area contributed by atoms with Gasteiger partial charge in [-0.3, -0.25) is 9.59 Å². The van der Waals surface area contributed by atoms with Gasteiger partial charge in [0.05, 0.1) is 11.3 Å². The standard InChI is InChI=1S/C24H29N3O2S/c1-16-8-5-10-19(17(16)2)26-22(28)13-7-15-27-20-11-6-14-25-23(20)30-21-12-4-3-9-18(21)24(27)29/h3-4,6,9,11-12,14,16-17,19H,5,7-8,10,13,15H2,1-2H3,(H,26,28). The number of amides is 2. The normalized spacial score (nSPS) is 23.3. The summed E-state index contributed by atoms with van der Waals surface area (Å²) in [5.41, 5.74) is 1.51. The molecule has 1 aliphatic carbocycles. The molecular formula is C24H29N3O2S. The van der Waals surface area contributed by atoms with Crippen LogP contribution in [0.3, 0.4) is 0 Å². The Morgan fingerprint density at radius 2 is 2.03 bits per heavy atom. The monoisotopic (exact) mass is 423 g/mol. The van der Waals surface area contributed by atoms with Gasteiger partial charge in [-0.05, 0) is 48.9 Å².